The normalized spacial score (nSPS) is 15.4. The Morgan fingerprint density at radius 2 is 1.32 bits per heavy atom. The molecule has 0 spiro atoms. The molecule has 0 aromatic heterocycles. The number of benzene rings is 4. The Labute approximate surface area is 244 Å². The van der Waals surface area contributed by atoms with Gasteiger partial charge in [-0.2, -0.15) is 5.10 Å². The zero-order chi connectivity index (χ0) is 28.3. The van der Waals surface area contributed by atoms with Crippen molar-refractivity contribution in [2.24, 2.45) is 10.5 Å². The van der Waals surface area contributed by atoms with Gasteiger partial charge < -0.3 is 0 Å². The van der Waals surface area contributed by atoms with Gasteiger partial charge in [-0.15, -0.1) is 0 Å². The second-order valence-corrected chi connectivity index (χ2v) is 13.0. The van der Waals surface area contributed by atoms with Crippen LogP contribution in [0.5, 0.6) is 0 Å². The van der Waals surface area contributed by atoms with Crippen LogP contribution in [0.15, 0.2) is 108 Å². The summed E-state index contributed by atoms with van der Waals surface area (Å²) in [6.07, 6.45) is 1.97. The van der Waals surface area contributed by atoms with E-state index in [4.69, 9.17) is 16.7 Å². The second-order valence-electron chi connectivity index (χ2n) is 12.5. The molecule has 1 unspecified atom stereocenters. The minimum atomic E-state index is 0.116. The predicted molar refractivity (Wildman–Crippen MR) is 170 cm³/mol. The number of hydrazone groups is 1. The molecule has 0 fully saturated rings. The van der Waals surface area contributed by atoms with Crippen LogP contribution in [0.25, 0.3) is 0 Å². The molecule has 3 heteroatoms. The zero-order valence-corrected chi connectivity index (χ0v) is 24.8. The maximum absolute atomic E-state index is 5.99. The van der Waals surface area contributed by atoms with E-state index < -0.39 is 0 Å². The average molecular weight is 545 g/mol. The molecule has 0 amide bonds. The largest absolute Gasteiger partial charge is 0.257 e. The van der Waals surface area contributed by atoms with Crippen LogP contribution in [0.2, 0.25) is 5.02 Å². The third kappa shape index (κ3) is 6.67. The van der Waals surface area contributed by atoms with Crippen LogP contribution < -0.4 is 5.01 Å². The van der Waals surface area contributed by atoms with Crippen molar-refractivity contribution >= 4 is 23.0 Å². The number of anilines is 1. The van der Waals surface area contributed by atoms with Gasteiger partial charge in [0.25, 0.3) is 0 Å². The van der Waals surface area contributed by atoms with E-state index in [0.29, 0.717) is 0 Å². The first kappa shape index (κ1) is 27.8. The summed E-state index contributed by atoms with van der Waals surface area (Å²) in [4.78, 5) is 0. The molecule has 1 aliphatic heterocycles. The summed E-state index contributed by atoms with van der Waals surface area (Å²) in [6.45, 7) is 11.7. The first-order chi connectivity index (χ1) is 19.1. The Balaban J connectivity index is 1.39. The topological polar surface area (TPSA) is 15.6 Å². The van der Waals surface area contributed by atoms with Gasteiger partial charge in [-0.25, -0.2) is 0 Å². The molecule has 0 bridgehead atoms. The molecule has 0 N–H and O–H groups in total. The molecule has 0 saturated carbocycles. The van der Waals surface area contributed by atoms with E-state index in [2.05, 4.69) is 130 Å². The SMILES string of the molecule is CC(C)(C)CC(C)(C)c1ccc(C2CC(c3ccc(C#Cc4ccc(Cl)cc4)cc3)=NN2c2ccccc2)cc1. The van der Waals surface area contributed by atoms with Crippen molar-refractivity contribution in [2.75, 3.05) is 5.01 Å². The molecule has 4 aromatic carbocycles. The lowest BCUT2D eigenvalue weighted by atomic mass is 9.72. The number of hydrogen-bond donors (Lipinski definition) is 0. The van der Waals surface area contributed by atoms with E-state index in [9.17, 15) is 0 Å². The highest BCUT2D eigenvalue weighted by Crippen LogP contribution is 2.39. The molecule has 1 aliphatic rings. The summed E-state index contributed by atoms with van der Waals surface area (Å²) < 4.78 is 0. The van der Waals surface area contributed by atoms with Crippen LogP contribution in [0.1, 0.15) is 81.3 Å². The first-order valence-electron chi connectivity index (χ1n) is 14.0. The molecule has 0 aliphatic carbocycles. The van der Waals surface area contributed by atoms with E-state index in [-0.39, 0.29) is 16.9 Å². The summed E-state index contributed by atoms with van der Waals surface area (Å²) in [5.41, 5.74) is 8.29. The van der Waals surface area contributed by atoms with Gasteiger partial charge in [0.15, 0.2) is 0 Å². The van der Waals surface area contributed by atoms with Gasteiger partial charge in [-0.05, 0) is 82.5 Å². The van der Waals surface area contributed by atoms with Crippen molar-refractivity contribution in [3.8, 4) is 11.8 Å². The van der Waals surface area contributed by atoms with E-state index in [0.717, 1.165) is 46.0 Å². The van der Waals surface area contributed by atoms with Gasteiger partial charge in [0, 0.05) is 22.6 Å². The number of nitrogens with zero attached hydrogens (tertiary/aromatic N) is 2. The van der Waals surface area contributed by atoms with Crippen LogP contribution in [-0.2, 0) is 5.41 Å². The van der Waals surface area contributed by atoms with Gasteiger partial charge in [-0.3, -0.25) is 5.01 Å². The van der Waals surface area contributed by atoms with Gasteiger partial charge in [0.1, 0.15) is 0 Å². The number of hydrogen-bond acceptors (Lipinski definition) is 2. The van der Waals surface area contributed by atoms with Crippen LogP contribution in [0.4, 0.5) is 5.69 Å². The van der Waals surface area contributed by atoms with Crippen molar-refractivity contribution in [2.45, 2.75) is 58.9 Å². The Morgan fingerprint density at radius 1 is 0.750 bits per heavy atom. The van der Waals surface area contributed by atoms with Gasteiger partial charge in [0.2, 0.25) is 0 Å². The number of para-hydroxylation sites is 1. The summed E-state index contributed by atoms with van der Waals surface area (Å²) in [7, 11) is 0. The highest BCUT2D eigenvalue weighted by molar-refractivity contribution is 6.30. The second kappa shape index (κ2) is 11.4. The predicted octanol–water partition coefficient (Wildman–Crippen LogP) is 9.81. The fourth-order valence-electron chi connectivity index (χ4n) is 5.77. The molecule has 0 radical (unpaired) electrons. The first-order valence-corrected chi connectivity index (χ1v) is 14.4. The fraction of sp³-hybridized carbons (Fsp3) is 0.270. The highest BCUT2D eigenvalue weighted by Gasteiger charge is 2.31. The molecule has 2 nitrogen and oxygen atoms in total. The maximum Gasteiger partial charge on any atom is 0.0831 e. The van der Waals surface area contributed by atoms with Crippen molar-refractivity contribution in [1.82, 2.24) is 0 Å². The van der Waals surface area contributed by atoms with E-state index >= 15 is 0 Å². The number of rotatable bonds is 5. The van der Waals surface area contributed by atoms with Crippen LogP contribution in [0.3, 0.4) is 0 Å². The molecular weight excluding hydrogens is 508 g/mol. The van der Waals surface area contributed by atoms with Gasteiger partial charge in [-0.1, -0.05) is 113 Å². The molecule has 40 heavy (non-hydrogen) atoms. The minimum Gasteiger partial charge on any atom is -0.257 e. The maximum atomic E-state index is 5.99. The van der Waals surface area contributed by atoms with Crippen molar-refractivity contribution in [3.63, 3.8) is 0 Å². The Kier molecular flexibility index (Phi) is 7.88. The lowest BCUT2D eigenvalue weighted by Crippen LogP contribution is -2.25. The molecule has 5 rings (SSSR count). The number of halogens is 1. The van der Waals surface area contributed by atoms with Gasteiger partial charge >= 0.3 is 0 Å². The zero-order valence-electron chi connectivity index (χ0n) is 24.1. The van der Waals surface area contributed by atoms with Gasteiger partial charge in [0.05, 0.1) is 17.4 Å². The summed E-state index contributed by atoms with van der Waals surface area (Å²) >= 11 is 5.99. The smallest absolute Gasteiger partial charge is 0.0831 e. The van der Waals surface area contributed by atoms with Crippen molar-refractivity contribution < 1.29 is 0 Å². The molecule has 202 valence electrons. The quantitative estimate of drug-likeness (QED) is 0.228. The molecule has 1 heterocycles. The highest BCUT2D eigenvalue weighted by atomic mass is 35.5. The molecule has 1 atom stereocenters. The Hall–Kier alpha value is -3.80. The van der Waals surface area contributed by atoms with Crippen molar-refractivity contribution in [3.05, 3.63) is 136 Å². The molecule has 4 aromatic rings. The Bertz CT molecular complexity index is 1530. The third-order valence-electron chi connectivity index (χ3n) is 7.39. The van der Waals surface area contributed by atoms with Crippen LogP contribution >= 0.6 is 11.6 Å². The van der Waals surface area contributed by atoms with E-state index in [1.807, 2.05) is 24.3 Å². The summed E-state index contributed by atoms with van der Waals surface area (Å²) in [5.74, 6) is 6.47. The molecular formula is C37H37ClN2. The van der Waals surface area contributed by atoms with Crippen molar-refractivity contribution in [1.29, 1.82) is 0 Å². The molecule has 0 saturated heterocycles. The Morgan fingerprint density at radius 3 is 1.90 bits per heavy atom. The summed E-state index contributed by atoms with van der Waals surface area (Å²) in [5, 5.41) is 8.04. The third-order valence-corrected chi connectivity index (χ3v) is 7.65. The fourth-order valence-corrected chi connectivity index (χ4v) is 5.90. The van der Waals surface area contributed by atoms with Crippen LogP contribution in [-0.4, -0.2) is 5.71 Å². The summed E-state index contributed by atoms with van der Waals surface area (Å²) in [6, 6.07) is 35.9. The van der Waals surface area contributed by atoms with E-state index in [1.165, 1.54) is 11.1 Å². The lowest BCUT2D eigenvalue weighted by Gasteiger charge is -2.33. The standard InChI is InChI=1S/C37H37ClN2/c1-36(2,3)26-37(4,5)31-21-19-30(20-22-31)35-25-34(39-40(35)33-9-7-6-8-10-33)29-17-13-27(14-18-29)11-12-28-15-23-32(38)24-16-28/h6-10,13-24,35H,25-26H2,1-5H3. The lowest BCUT2D eigenvalue weighted by molar-refractivity contribution is 0.284. The van der Waals surface area contributed by atoms with Crippen LogP contribution in [0, 0.1) is 17.3 Å². The van der Waals surface area contributed by atoms with E-state index in [1.54, 1.807) is 0 Å². The monoisotopic (exact) mass is 544 g/mol. The minimum absolute atomic E-state index is 0.116. The average Bonchev–Trinajstić information content (AvgIpc) is 3.38.